The zero-order valence-corrected chi connectivity index (χ0v) is 9.07. The quantitative estimate of drug-likeness (QED) is 0.613. The van der Waals surface area contributed by atoms with Crippen molar-refractivity contribution < 1.29 is 28.3 Å². The molecule has 0 heterocycles. The van der Waals surface area contributed by atoms with Gasteiger partial charge in [-0.2, -0.15) is 0 Å². The first-order valence-corrected chi connectivity index (χ1v) is 5.94. The lowest BCUT2D eigenvalue weighted by Gasteiger charge is -2.12. The minimum absolute atomic E-state index is 0.0743. The minimum atomic E-state index is -4.43. The molecule has 3 N–H and O–H groups in total. The average Bonchev–Trinajstić information content (AvgIpc) is 2.18. The second-order valence-electron chi connectivity index (χ2n) is 3.28. The molecule has 0 spiro atoms. The number of aromatic hydroxyl groups is 1. The van der Waals surface area contributed by atoms with Gasteiger partial charge in [0.1, 0.15) is 5.75 Å². The third-order valence-corrected chi connectivity index (χ3v) is 2.70. The van der Waals surface area contributed by atoms with Gasteiger partial charge in [0, 0.05) is 11.1 Å². The van der Waals surface area contributed by atoms with Crippen LogP contribution >= 0.6 is 0 Å². The third-order valence-electron chi connectivity index (χ3n) is 2.01. The predicted molar refractivity (Wildman–Crippen MR) is 53.4 cm³/mol. The molecular formula is C9H11O6S-. The highest BCUT2D eigenvalue weighted by Crippen LogP contribution is 2.25. The minimum Gasteiger partial charge on any atom is -0.748 e. The van der Waals surface area contributed by atoms with Crippen LogP contribution < -0.4 is 0 Å². The monoisotopic (exact) mass is 247 g/mol. The van der Waals surface area contributed by atoms with E-state index in [2.05, 4.69) is 0 Å². The maximum absolute atomic E-state index is 10.5. The largest absolute Gasteiger partial charge is 0.748 e. The average molecular weight is 247 g/mol. The molecule has 1 aromatic carbocycles. The van der Waals surface area contributed by atoms with Crippen molar-refractivity contribution in [2.75, 3.05) is 0 Å². The molecule has 0 amide bonds. The van der Waals surface area contributed by atoms with Crippen molar-refractivity contribution in [2.45, 2.75) is 19.0 Å². The van der Waals surface area contributed by atoms with Crippen molar-refractivity contribution >= 4 is 10.1 Å². The van der Waals surface area contributed by atoms with Gasteiger partial charge in [-0.15, -0.1) is 0 Å². The second-order valence-corrected chi connectivity index (χ2v) is 4.68. The van der Waals surface area contributed by atoms with Gasteiger partial charge >= 0.3 is 0 Å². The summed E-state index contributed by atoms with van der Waals surface area (Å²) in [6, 6.07) is 2.42. The number of rotatable bonds is 4. The van der Waals surface area contributed by atoms with Crippen LogP contribution in [0.15, 0.2) is 12.1 Å². The molecule has 90 valence electrons. The van der Waals surface area contributed by atoms with Crippen LogP contribution in [0.1, 0.15) is 16.7 Å². The highest BCUT2D eigenvalue weighted by atomic mass is 32.2. The molecular weight excluding hydrogens is 236 g/mol. The lowest BCUT2D eigenvalue weighted by Crippen LogP contribution is -2.04. The first kappa shape index (κ1) is 12.9. The van der Waals surface area contributed by atoms with E-state index in [-0.39, 0.29) is 22.4 Å². The van der Waals surface area contributed by atoms with Gasteiger partial charge in [-0.3, -0.25) is 0 Å². The molecule has 1 aromatic rings. The van der Waals surface area contributed by atoms with Gasteiger partial charge in [-0.05, 0) is 17.7 Å². The number of benzene rings is 1. The van der Waals surface area contributed by atoms with E-state index in [0.717, 1.165) is 0 Å². The number of phenols is 1. The van der Waals surface area contributed by atoms with Gasteiger partial charge in [0.25, 0.3) is 0 Å². The fourth-order valence-electron chi connectivity index (χ4n) is 1.36. The zero-order valence-electron chi connectivity index (χ0n) is 8.25. The van der Waals surface area contributed by atoms with Crippen LogP contribution in [0.3, 0.4) is 0 Å². The molecule has 0 saturated heterocycles. The van der Waals surface area contributed by atoms with Gasteiger partial charge in [0.2, 0.25) is 0 Å². The lowest BCUT2D eigenvalue weighted by molar-refractivity contribution is 0.263. The van der Waals surface area contributed by atoms with Crippen LogP contribution in [-0.4, -0.2) is 28.3 Å². The van der Waals surface area contributed by atoms with Crippen molar-refractivity contribution in [3.8, 4) is 5.75 Å². The summed E-state index contributed by atoms with van der Waals surface area (Å²) in [5.74, 6) is -1.04. The molecule has 0 bridgehead atoms. The fraction of sp³-hybridized carbons (Fsp3) is 0.333. The topological polar surface area (TPSA) is 118 Å². The summed E-state index contributed by atoms with van der Waals surface area (Å²) in [4.78, 5) is 0. The van der Waals surface area contributed by atoms with Crippen LogP contribution in [0.25, 0.3) is 0 Å². The molecule has 0 aliphatic carbocycles. The van der Waals surface area contributed by atoms with E-state index in [9.17, 15) is 18.1 Å². The van der Waals surface area contributed by atoms with Crippen molar-refractivity contribution in [2.24, 2.45) is 0 Å². The van der Waals surface area contributed by atoms with Crippen LogP contribution in [-0.2, 0) is 29.1 Å². The Morgan fingerprint density at radius 1 is 1.12 bits per heavy atom. The van der Waals surface area contributed by atoms with Crippen LogP contribution in [0.5, 0.6) is 5.75 Å². The van der Waals surface area contributed by atoms with E-state index in [0.29, 0.717) is 0 Å². The van der Waals surface area contributed by atoms with Crippen molar-refractivity contribution in [3.05, 3.63) is 28.8 Å². The van der Waals surface area contributed by atoms with E-state index < -0.39 is 29.1 Å². The van der Waals surface area contributed by atoms with Gasteiger partial charge < -0.3 is 19.9 Å². The molecule has 0 fully saturated rings. The predicted octanol–water partition coefficient (Wildman–Crippen LogP) is -0.578. The molecule has 0 aromatic heterocycles. The Balaban J connectivity index is 3.22. The Morgan fingerprint density at radius 2 is 1.56 bits per heavy atom. The summed E-state index contributed by atoms with van der Waals surface area (Å²) >= 11 is 0. The van der Waals surface area contributed by atoms with E-state index in [1.54, 1.807) is 0 Å². The van der Waals surface area contributed by atoms with E-state index in [4.69, 9.17) is 10.2 Å². The Kier molecular flexibility index (Phi) is 3.87. The standard InChI is InChI=1S/C9H12O6S/c10-3-7-1-6(5-16(13,14)15)2-8(4-11)9(7)12/h1-2,10-12H,3-5H2,(H,13,14,15)/p-1. The van der Waals surface area contributed by atoms with Crippen molar-refractivity contribution in [1.82, 2.24) is 0 Å². The lowest BCUT2D eigenvalue weighted by atomic mass is 10.1. The van der Waals surface area contributed by atoms with Crippen LogP contribution in [0, 0.1) is 0 Å². The summed E-state index contributed by atoms with van der Waals surface area (Å²) in [6.07, 6.45) is 0. The van der Waals surface area contributed by atoms with Crippen LogP contribution in [0.2, 0.25) is 0 Å². The third kappa shape index (κ3) is 3.17. The highest BCUT2D eigenvalue weighted by molar-refractivity contribution is 7.84. The summed E-state index contributed by atoms with van der Waals surface area (Å²) in [7, 11) is -4.43. The summed E-state index contributed by atoms with van der Waals surface area (Å²) in [5, 5.41) is 27.2. The Bertz CT molecular complexity index is 454. The first-order valence-electron chi connectivity index (χ1n) is 4.36. The maximum atomic E-state index is 10.5. The van der Waals surface area contributed by atoms with Gasteiger partial charge in [0.05, 0.1) is 29.1 Å². The van der Waals surface area contributed by atoms with Gasteiger partial charge in [0.15, 0.2) is 0 Å². The molecule has 0 aliphatic heterocycles. The van der Waals surface area contributed by atoms with Crippen LogP contribution in [0.4, 0.5) is 0 Å². The molecule has 0 radical (unpaired) electrons. The number of hydrogen-bond acceptors (Lipinski definition) is 6. The summed E-state index contributed by atoms with van der Waals surface area (Å²) in [6.45, 7) is -1.02. The second kappa shape index (κ2) is 4.79. The van der Waals surface area contributed by atoms with E-state index in [1.165, 1.54) is 12.1 Å². The smallest absolute Gasteiger partial charge is 0.126 e. The van der Waals surface area contributed by atoms with Gasteiger partial charge in [-0.1, -0.05) is 0 Å². The number of aliphatic hydroxyl groups is 2. The van der Waals surface area contributed by atoms with Crippen molar-refractivity contribution in [1.29, 1.82) is 0 Å². The Morgan fingerprint density at radius 3 is 1.88 bits per heavy atom. The molecule has 1 rings (SSSR count). The normalized spacial score (nSPS) is 11.7. The fourth-order valence-corrected chi connectivity index (χ4v) is 1.94. The first-order chi connectivity index (χ1) is 7.37. The van der Waals surface area contributed by atoms with E-state index >= 15 is 0 Å². The number of aliphatic hydroxyl groups excluding tert-OH is 2. The maximum Gasteiger partial charge on any atom is 0.126 e. The SMILES string of the molecule is O=S(=O)([O-])Cc1cc(CO)c(O)c(CO)c1. The molecule has 16 heavy (non-hydrogen) atoms. The van der Waals surface area contributed by atoms with E-state index in [1.807, 2.05) is 0 Å². The summed E-state index contributed by atoms with van der Waals surface area (Å²) < 4.78 is 31.6. The number of hydrogen-bond donors (Lipinski definition) is 3. The van der Waals surface area contributed by atoms with Crippen molar-refractivity contribution in [3.63, 3.8) is 0 Å². The highest BCUT2D eigenvalue weighted by Gasteiger charge is 2.10. The molecule has 0 aliphatic rings. The summed E-state index contributed by atoms with van der Waals surface area (Å²) in [5.41, 5.74) is 0.274. The Labute approximate surface area is 92.5 Å². The van der Waals surface area contributed by atoms with Gasteiger partial charge in [-0.25, -0.2) is 8.42 Å². The molecule has 7 heteroatoms. The molecule has 0 atom stereocenters. The Hall–Kier alpha value is -1.15. The molecule has 0 saturated carbocycles. The molecule has 6 nitrogen and oxygen atoms in total. The zero-order chi connectivity index (χ0) is 12.3. The molecule has 0 unspecified atom stereocenters.